The molecule has 2 aromatic carbocycles. The van der Waals surface area contributed by atoms with Crippen molar-refractivity contribution in [3.05, 3.63) is 58.6 Å². The molecule has 0 aromatic heterocycles. The van der Waals surface area contributed by atoms with Gasteiger partial charge < -0.3 is 18.9 Å². The summed E-state index contributed by atoms with van der Waals surface area (Å²) in [7, 11) is 3.15. The quantitative estimate of drug-likeness (QED) is 0.442. The molecule has 0 saturated carbocycles. The van der Waals surface area contributed by atoms with E-state index in [2.05, 4.69) is 4.90 Å². The van der Waals surface area contributed by atoms with Crippen LogP contribution in [0.15, 0.2) is 42.5 Å². The summed E-state index contributed by atoms with van der Waals surface area (Å²) in [5, 5.41) is 0.485. The number of ketones is 1. The van der Waals surface area contributed by atoms with Crippen LogP contribution in [0, 0.1) is 0 Å². The van der Waals surface area contributed by atoms with Crippen molar-refractivity contribution in [2.24, 2.45) is 0 Å². The van der Waals surface area contributed by atoms with Gasteiger partial charge in [0.1, 0.15) is 12.4 Å². The fourth-order valence-corrected chi connectivity index (χ4v) is 3.32. The first kappa shape index (κ1) is 22.2. The predicted molar refractivity (Wildman–Crippen MR) is 117 cm³/mol. The molecule has 0 atom stereocenters. The Morgan fingerprint density at radius 2 is 1.80 bits per heavy atom. The molecule has 30 heavy (non-hydrogen) atoms. The number of ether oxygens (including phenoxy) is 4. The Bertz CT molecular complexity index is 893. The molecule has 0 unspecified atom stereocenters. The van der Waals surface area contributed by atoms with Gasteiger partial charge in [-0.15, -0.1) is 0 Å². The number of hydrogen-bond acceptors (Lipinski definition) is 6. The fourth-order valence-electron chi connectivity index (χ4n) is 3.15. The normalized spacial score (nSPS) is 14.6. The number of halogens is 1. The molecule has 6 nitrogen and oxygen atoms in total. The molecule has 0 spiro atoms. The van der Waals surface area contributed by atoms with Crippen LogP contribution in [0.5, 0.6) is 17.2 Å². The molecule has 1 saturated heterocycles. The maximum Gasteiger partial charge on any atom is 0.189 e. The minimum Gasteiger partial charge on any atom is -0.493 e. The highest BCUT2D eigenvalue weighted by Crippen LogP contribution is 2.28. The van der Waals surface area contributed by atoms with Crippen LogP contribution in [-0.4, -0.2) is 64.4 Å². The van der Waals surface area contributed by atoms with Gasteiger partial charge in [0, 0.05) is 24.7 Å². The van der Waals surface area contributed by atoms with E-state index in [0.717, 1.165) is 38.4 Å². The number of benzene rings is 2. The first-order valence-corrected chi connectivity index (χ1v) is 10.2. The number of allylic oxidation sites excluding steroid dienone is 1. The molecule has 0 N–H and O–H groups in total. The third kappa shape index (κ3) is 5.98. The number of carbonyl (C=O) groups excluding carboxylic acids is 1. The second-order valence-corrected chi connectivity index (χ2v) is 7.19. The lowest BCUT2D eigenvalue weighted by Gasteiger charge is -2.26. The third-order valence-corrected chi connectivity index (χ3v) is 5.05. The molecule has 160 valence electrons. The zero-order valence-corrected chi connectivity index (χ0v) is 18.0. The summed E-state index contributed by atoms with van der Waals surface area (Å²) < 4.78 is 21.8. The van der Waals surface area contributed by atoms with E-state index in [1.165, 1.54) is 6.08 Å². The summed E-state index contributed by atoms with van der Waals surface area (Å²) in [6.45, 7) is 4.54. The minimum absolute atomic E-state index is 0.186. The molecule has 3 rings (SSSR count). The largest absolute Gasteiger partial charge is 0.493 e. The van der Waals surface area contributed by atoms with Crippen molar-refractivity contribution in [1.29, 1.82) is 0 Å². The molecule has 1 aliphatic rings. The van der Waals surface area contributed by atoms with Gasteiger partial charge in [-0.2, -0.15) is 0 Å². The average Bonchev–Trinajstić information content (AvgIpc) is 2.78. The lowest BCUT2D eigenvalue weighted by atomic mass is 10.1. The van der Waals surface area contributed by atoms with Gasteiger partial charge in [-0.3, -0.25) is 9.69 Å². The van der Waals surface area contributed by atoms with Crippen molar-refractivity contribution < 1.29 is 23.7 Å². The van der Waals surface area contributed by atoms with Gasteiger partial charge in [-0.25, -0.2) is 0 Å². The van der Waals surface area contributed by atoms with Gasteiger partial charge in [0.25, 0.3) is 0 Å². The van der Waals surface area contributed by atoms with E-state index in [0.29, 0.717) is 34.4 Å². The Hall–Kier alpha value is -2.54. The molecule has 0 radical (unpaired) electrons. The number of nitrogens with zero attached hydrogens (tertiary/aromatic N) is 1. The van der Waals surface area contributed by atoms with Crippen LogP contribution >= 0.6 is 11.6 Å². The number of carbonyl (C=O) groups is 1. The van der Waals surface area contributed by atoms with Gasteiger partial charge in [0.2, 0.25) is 0 Å². The first-order chi connectivity index (χ1) is 14.6. The van der Waals surface area contributed by atoms with Crippen LogP contribution in [0.4, 0.5) is 0 Å². The van der Waals surface area contributed by atoms with Crippen LogP contribution in [0.1, 0.15) is 15.9 Å². The number of methoxy groups -OCH3 is 2. The van der Waals surface area contributed by atoms with E-state index in [4.69, 9.17) is 30.5 Å². The molecular weight excluding hydrogens is 406 g/mol. The molecule has 0 bridgehead atoms. The second kappa shape index (κ2) is 11.0. The van der Waals surface area contributed by atoms with Crippen LogP contribution in [0.3, 0.4) is 0 Å². The van der Waals surface area contributed by atoms with E-state index < -0.39 is 0 Å². The van der Waals surface area contributed by atoms with Crippen molar-refractivity contribution in [3.8, 4) is 17.2 Å². The third-order valence-electron chi connectivity index (χ3n) is 4.81. The Labute approximate surface area is 181 Å². The maximum absolute atomic E-state index is 12.8. The molecule has 2 aromatic rings. The van der Waals surface area contributed by atoms with Gasteiger partial charge in [-0.1, -0.05) is 23.7 Å². The molecular formula is C23H26ClNO5. The highest BCUT2D eigenvalue weighted by Gasteiger charge is 2.14. The second-order valence-electron chi connectivity index (χ2n) is 6.75. The fraction of sp³-hybridized carbons (Fsp3) is 0.348. The Morgan fingerprint density at radius 1 is 1.07 bits per heavy atom. The van der Waals surface area contributed by atoms with Crippen LogP contribution < -0.4 is 14.2 Å². The maximum atomic E-state index is 12.8. The zero-order valence-electron chi connectivity index (χ0n) is 17.2. The summed E-state index contributed by atoms with van der Waals surface area (Å²) in [5.41, 5.74) is 1.25. The SMILES string of the molecule is COc1ccc(/C=C/C(=O)c2cc(Cl)ccc2OCCN2CCOCC2)cc1OC. The molecule has 0 amide bonds. The van der Waals surface area contributed by atoms with E-state index in [9.17, 15) is 4.79 Å². The molecule has 7 heteroatoms. The minimum atomic E-state index is -0.186. The molecule has 0 aliphatic carbocycles. The van der Waals surface area contributed by atoms with Crippen molar-refractivity contribution in [1.82, 2.24) is 4.90 Å². The monoisotopic (exact) mass is 431 g/mol. The predicted octanol–water partition coefficient (Wildman–Crippen LogP) is 3.96. The summed E-state index contributed by atoms with van der Waals surface area (Å²) in [6.07, 6.45) is 3.23. The van der Waals surface area contributed by atoms with Crippen molar-refractivity contribution >= 4 is 23.5 Å². The summed E-state index contributed by atoms with van der Waals surface area (Å²) in [5.74, 6) is 1.57. The summed E-state index contributed by atoms with van der Waals surface area (Å²) in [4.78, 5) is 15.1. The van der Waals surface area contributed by atoms with Gasteiger partial charge in [0.15, 0.2) is 17.3 Å². The van der Waals surface area contributed by atoms with Crippen LogP contribution in [0.25, 0.3) is 6.08 Å². The topological polar surface area (TPSA) is 57.2 Å². The average molecular weight is 432 g/mol. The smallest absolute Gasteiger partial charge is 0.189 e. The lowest BCUT2D eigenvalue weighted by Crippen LogP contribution is -2.38. The summed E-state index contributed by atoms with van der Waals surface area (Å²) >= 11 is 6.12. The lowest BCUT2D eigenvalue weighted by molar-refractivity contribution is 0.0322. The van der Waals surface area contributed by atoms with E-state index in [1.807, 2.05) is 6.07 Å². The number of rotatable bonds is 9. The Kier molecular flexibility index (Phi) is 8.13. The standard InChI is InChI=1S/C23H26ClNO5/c1-27-22-7-4-17(15-23(22)28-2)3-6-20(26)19-16-18(24)5-8-21(19)30-14-11-25-9-12-29-13-10-25/h3-8,15-16H,9-14H2,1-2H3/b6-3+. The van der Waals surface area contributed by atoms with Crippen molar-refractivity contribution in [2.45, 2.75) is 0 Å². The molecule has 1 fully saturated rings. The van der Waals surface area contributed by atoms with E-state index >= 15 is 0 Å². The zero-order chi connectivity index (χ0) is 21.3. The van der Waals surface area contributed by atoms with Crippen LogP contribution in [-0.2, 0) is 4.74 Å². The van der Waals surface area contributed by atoms with Crippen LogP contribution in [0.2, 0.25) is 5.02 Å². The van der Waals surface area contributed by atoms with Crippen molar-refractivity contribution in [3.63, 3.8) is 0 Å². The Morgan fingerprint density at radius 3 is 2.53 bits per heavy atom. The van der Waals surface area contributed by atoms with E-state index in [1.54, 1.807) is 50.6 Å². The van der Waals surface area contributed by atoms with Gasteiger partial charge in [0.05, 0.1) is 33.0 Å². The van der Waals surface area contributed by atoms with Gasteiger partial charge in [-0.05, 0) is 42.0 Å². The number of hydrogen-bond donors (Lipinski definition) is 0. The highest BCUT2D eigenvalue weighted by molar-refractivity contribution is 6.31. The molecule has 1 heterocycles. The molecule has 1 aliphatic heterocycles. The first-order valence-electron chi connectivity index (χ1n) is 9.77. The Balaban J connectivity index is 1.68. The van der Waals surface area contributed by atoms with Crippen molar-refractivity contribution in [2.75, 3.05) is 53.7 Å². The van der Waals surface area contributed by atoms with Gasteiger partial charge >= 0.3 is 0 Å². The number of morpholine rings is 1. The highest BCUT2D eigenvalue weighted by atomic mass is 35.5. The van der Waals surface area contributed by atoms with E-state index in [-0.39, 0.29) is 5.78 Å². The summed E-state index contributed by atoms with van der Waals surface area (Å²) in [6, 6.07) is 10.5.